The Morgan fingerprint density at radius 3 is 1.34 bits per heavy atom. The fraction of sp³-hybridized carbons (Fsp3) is 0.222. The molecule has 2 aromatic carbocycles. The van der Waals surface area contributed by atoms with Gasteiger partial charge in [-0.2, -0.15) is 31.6 Å². The third-order valence-corrected chi connectivity index (χ3v) is 4.23. The predicted octanol–water partition coefficient (Wildman–Crippen LogP) is 4.51. The second-order valence-corrected chi connectivity index (χ2v) is 5.77. The molecule has 0 heterocycles. The number of alkyl halides is 6. The zero-order valence-corrected chi connectivity index (χ0v) is 14.5. The van der Waals surface area contributed by atoms with E-state index in [2.05, 4.69) is 9.62 Å². The first-order valence-corrected chi connectivity index (χ1v) is 7.68. The van der Waals surface area contributed by atoms with Crippen LogP contribution in [-0.2, 0) is 15.0 Å². The summed E-state index contributed by atoms with van der Waals surface area (Å²) >= 11 is 0. The molecule has 2 rings (SSSR count). The summed E-state index contributed by atoms with van der Waals surface area (Å²) in [5.41, 5.74) is -7.57. The van der Waals surface area contributed by atoms with E-state index in [4.69, 9.17) is 5.26 Å². The Morgan fingerprint density at radius 1 is 0.724 bits per heavy atom. The first kappa shape index (κ1) is 22.2. The second kappa shape index (κ2) is 7.74. The van der Waals surface area contributed by atoms with Crippen LogP contribution < -0.4 is 0 Å². The van der Waals surface area contributed by atoms with Gasteiger partial charge in [0.2, 0.25) is 5.41 Å². The molecule has 0 bridgehead atoms. The third kappa shape index (κ3) is 3.77. The van der Waals surface area contributed by atoms with Crippen LogP contribution in [0.1, 0.15) is 31.8 Å². The van der Waals surface area contributed by atoms with Crippen molar-refractivity contribution in [3.05, 3.63) is 70.8 Å². The van der Waals surface area contributed by atoms with Crippen molar-refractivity contribution >= 4 is 11.9 Å². The zero-order valence-electron chi connectivity index (χ0n) is 14.5. The number of methoxy groups -OCH3 is 1. The predicted molar refractivity (Wildman–Crippen MR) is 85.2 cm³/mol. The Morgan fingerprint density at radius 2 is 1.07 bits per heavy atom. The molecule has 0 spiro atoms. The molecule has 0 saturated heterocycles. The number of ether oxygens (including phenoxy) is 1. The number of benzene rings is 2. The van der Waals surface area contributed by atoms with Gasteiger partial charge in [0.05, 0.1) is 18.2 Å². The minimum Gasteiger partial charge on any atom is -0.465 e. The zero-order chi connectivity index (χ0) is 22.0. The second-order valence-electron chi connectivity index (χ2n) is 5.77. The molecular formula is C18H12F6O5. The SMILES string of the molecule is COC(=O)c1ccc(C(c2ccc(C(=O)OO)cc2)(C(F)(F)F)C(F)(F)F)cc1. The Balaban J connectivity index is 2.76. The number of hydrogen-bond donors (Lipinski definition) is 1. The van der Waals surface area contributed by atoms with Crippen molar-refractivity contribution in [3.63, 3.8) is 0 Å². The molecule has 2 aromatic rings. The van der Waals surface area contributed by atoms with Gasteiger partial charge >= 0.3 is 24.3 Å². The van der Waals surface area contributed by atoms with E-state index in [0.717, 1.165) is 19.2 Å². The maximum atomic E-state index is 13.9. The lowest BCUT2D eigenvalue weighted by molar-refractivity contribution is -0.288. The van der Waals surface area contributed by atoms with Gasteiger partial charge < -0.3 is 4.74 Å². The van der Waals surface area contributed by atoms with Crippen LogP contribution in [0, 0.1) is 0 Å². The molecule has 0 aliphatic carbocycles. The maximum absolute atomic E-state index is 13.9. The summed E-state index contributed by atoms with van der Waals surface area (Å²) in [5, 5.41) is 8.30. The average Bonchev–Trinajstić information content (AvgIpc) is 2.66. The molecule has 156 valence electrons. The standard InChI is InChI=1S/C18H12F6O5/c1-28-14(25)10-2-6-12(7-3-10)16(17(19,20)21,18(22,23)24)13-8-4-11(5-9-13)15(26)29-27/h2-9,27H,1H3. The van der Waals surface area contributed by atoms with E-state index in [1.807, 2.05) is 0 Å². The number of carbonyl (C=O) groups excluding carboxylic acids is 2. The van der Waals surface area contributed by atoms with E-state index in [9.17, 15) is 35.9 Å². The molecule has 0 atom stereocenters. The fourth-order valence-corrected chi connectivity index (χ4v) is 2.87. The van der Waals surface area contributed by atoms with Gasteiger partial charge in [-0.15, -0.1) is 0 Å². The molecule has 1 N–H and O–H groups in total. The van der Waals surface area contributed by atoms with E-state index in [1.54, 1.807) is 0 Å². The molecule has 5 nitrogen and oxygen atoms in total. The monoisotopic (exact) mass is 422 g/mol. The van der Waals surface area contributed by atoms with Gasteiger partial charge in [0.1, 0.15) is 0 Å². The highest BCUT2D eigenvalue weighted by Crippen LogP contribution is 2.56. The van der Waals surface area contributed by atoms with E-state index in [0.29, 0.717) is 36.4 Å². The van der Waals surface area contributed by atoms with Crippen molar-refractivity contribution in [3.8, 4) is 0 Å². The van der Waals surface area contributed by atoms with E-state index in [1.165, 1.54) is 0 Å². The molecule has 11 heteroatoms. The van der Waals surface area contributed by atoms with Gasteiger partial charge in [-0.05, 0) is 35.4 Å². The highest BCUT2D eigenvalue weighted by atomic mass is 19.4. The van der Waals surface area contributed by atoms with Crippen molar-refractivity contribution in [1.82, 2.24) is 0 Å². The molecule has 29 heavy (non-hydrogen) atoms. The van der Waals surface area contributed by atoms with Crippen LogP contribution in [0.25, 0.3) is 0 Å². The van der Waals surface area contributed by atoms with Gasteiger partial charge in [0, 0.05) is 0 Å². The van der Waals surface area contributed by atoms with E-state index in [-0.39, 0.29) is 5.56 Å². The van der Waals surface area contributed by atoms with Crippen LogP contribution in [0.15, 0.2) is 48.5 Å². The number of rotatable bonds is 4. The fourth-order valence-electron chi connectivity index (χ4n) is 2.87. The highest BCUT2D eigenvalue weighted by molar-refractivity contribution is 5.89. The first-order chi connectivity index (χ1) is 13.4. The summed E-state index contributed by atoms with van der Waals surface area (Å²) in [4.78, 5) is 26.0. The molecule has 0 saturated carbocycles. The Labute approximate surface area is 159 Å². The Hall–Kier alpha value is -3.08. The minimum absolute atomic E-state index is 0.240. The van der Waals surface area contributed by atoms with Crippen molar-refractivity contribution in [2.75, 3.05) is 7.11 Å². The number of esters is 1. The number of hydrogen-bond acceptors (Lipinski definition) is 5. The van der Waals surface area contributed by atoms with Crippen LogP contribution >= 0.6 is 0 Å². The van der Waals surface area contributed by atoms with Crippen molar-refractivity contribution in [1.29, 1.82) is 0 Å². The first-order valence-electron chi connectivity index (χ1n) is 7.68. The van der Waals surface area contributed by atoms with Gasteiger partial charge in [-0.3, -0.25) is 4.89 Å². The molecule has 0 unspecified atom stereocenters. The summed E-state index contributed by atoms with van der Waals surface area (Å²) < 4.78 is 88.1. The smallest absolute Gasteiger partial charge is 0.411 e. The number of carbonyl (C=O) groups is 2. The molecule has 0 amide bonds. The lowest BCUT2D eigenvalue weighted by atomic mass is 9.72. The Kier molecular flexibility index (Phi) is 5.93. The van der Waals surface area contributed by atoms with Gasteiger partial charge in [-0.1, -0.05) is 24.3 Å². The van der Waals surface area contributed by atoms with Crippen LogP contribution in [0.5, 0.6) is 0 Å². The summed E-state index contributed by atoms with van der Waals surface area (Å²) in [6, 6.07) is 4.86. The summed E-state index contributed by atoms with van der Waals surface area (Å²) in [7, 11) is 1.00. The average molecular weight is 422 g/mol. The largest absolute Gasteiger partial charge is 0.465 e. The minimum atomic E-state index is -5.84. The highest BCUT2D eigenvalue weighted by Gasteiger charge is 2.72. The van der Waals surface area contributed by atoms with Crippen LogP contribution in [0.4, 0.5) is 26.3 Å². The molecule has 0 aromatic heterocycles. The summed E-state index contributed by atoms with van der Waals surface area (Å²) in [5.74, 6) is -2.29. The topological polar surface area (TPSA) is 72.8 Å². The van der Waals surface area contributed by atoms with Crippen LogP contribution in [0.3, 0.4) is 0 Å². The lowest BCUT2D eigenvalue weighted by Gasteiger charge is -2.38. The van der Waals surface area contributed by atoms with E-state index >= 15 is 0 Å². The third-order valence-electron chi connectivity index (χ3n) is 4.23. The molecule has 0 aliphatic rings. The Bertz CT molecular complexity index is 809. The number of halogens is 6. The van der Waals surface area contributed by atoms with Crippen LogP contribution in [0.2, 0.25) is 0 Å². The van der Waals surface area contributed by atoms with Gasteiger partial charge in [-0.25, -0.2) is 9.59 Å². The quantitative estimate of drug-likeness (QED) is 0.340. The lowest BCUT2D eigenvalue weighted by Crippen LogP contribution is -2.54. The summed E-state index contributed by atoms with van der Waals surface area (Å²) in [6.45, 7) is 0. The van der Waals surface area contributed by atoms with Gasteiger partial charge in [0.25, 0.3) is 0 Å². The molecule has 0 radical (unpaired) electrons. The van der Waals surface area contributed by atoms with Crippen LogP contribution in [-0.4, -0.2) is 36.7 Å². The van der Waals surface area contributed by atoms with Crippen molar-refractivity contribution in [2.45, 2.75) is 17.8 Å². The van der Waals surface area contributed by atoms with E-state index < -0.39 is 46.4 Å². The maximum Gasteiger partial charge on any atom is 0.411 e. The van der Waals surface area contributed by atoms with Gasteiger partial charge in [0.15, 0.2) is 0 Å². The molecular weight excluding hydrogens is 410 g/mol. The summed E-state index contributed by atoms with van der Waals surface area (Å²) in [6.07, 6.45) is -11.7. The molecule has 0 fully saturated rings. The molecule has 0 aliphatic heterocycles. The normalized spacial score (nSPS) is 12.4. The van der Waals surface area contributed by atoms with Crippen molar-refractivity contribution in [2.24, 2.45) is 0 Å². The van der Waals surface area contributed by atoms with Crippen molar-refractivity contribution < 1.29 is 50.8 Å².